The van der Waals surface area contributed by atoms with Crippen molar-refractivity contribution >= 4 is 5.97 Å². The van der Waals surface area contributed by atoms with Crippen molar-refractivity contribution in [2.45, 2.75) is 45.6 Å². The van der Waals surface area contributed by atoms with Gasteiger partial charge < -0.3 is 14.9 Å². The molecule has 0 amide bonds. The van der Waals surface area contributed by atoms with Crippen molar-refractivity contribution in [1.29, 1.82) is 0 Å². The normalized spacial score (nSPS) is 14.3. The van der Waals surface area contributed by atoms with Crippen LogP contribution in [0.4, 0.5) is 0 Å². The van der Waals surface area contributed by atoms with Crippen LogP contribution in [0, 0.1) is 6.92 Å². The second-order valence-electron chi connectivity index (χ2n) is 5.41. The highest BCUT2D eigenvalue weighted by Gasteiger charge is 2.29. The molecule has 0 aliphatic carbocycles. The Morgan fingerprint density at radius 1 is 1.42 bits per heavy atom. The summed E-state index contributed by atoms with van der Waals surface area (Å²) in [6.07, 6.45) is -0.322. The van der Waals surface area contributed by atoms with Gasteiger partial charge in [0.05, 0.1) is 19.1 Å². The highest BCUT2D eigenvalue weighted by molar-refractivity contribution is 5.68. The molecule has 0 aromatic heterocycles. The SMILES string of the molecule is COc1cc(C)c(C(C)(O)CC(=O)O)cc1C(C)C. The molecule has 2 N–H and O–H groups in total. The topological polar surface area (TPSA) is 66.8 Å². The van der Waals surface area contributed by atoms with Crippen LogP contribution >= 0.6 is 0 Å². The van der Waals surface area contributed by atoms with E-state index < -0.39 is 11.6 Å². The third kappa shape index (κ3) is 3.47. The molecule has 0 saturated heterocycles. The number of carbonyl (C=O) groups is 1. The molecule has 1 rings (SSSR count). The van der Waals surface area contributed by atoms with Gasteiger partial charge in [-0.25, -0.2) is 0 Å². The van der Waals surface area contributed by atoms with Gasteiger partial charge in [0.2, 0.25) is 0 Å². The van der Waals surface area contributed by atoms with Gasteiger partial charge in [0.15, 0.2) is 0 Å². The Balaban J connectivity index is 3.36. The molecule has 0 heterocycles. The molecule has 0 fully saturated rings. The number of aryl methyl sites for hydroxylation is 1. The Morgan fingerprint density at radius 3 is 2.42 bits per heavy atom. The number of hydrogen-bond acceptors (Lipinski definition) is 3. The van der Waals surface area contributed by atoms with Crippen LogP contribution < -0.4 is 4.74 Å². The molecule has 0 saturated carbocycles. The summed E-state index contributed by atoms with van der Waals surface area (Å²) in [5, 5.41) is 19.3. The van der Waals surface area contributed by atoms with Crippen LogP contribution in [-0.4, -0.2) is 23.3 Å². The molecule has 19 heavy (non-hydrogen) atoms. The van der Waals surface area contributed by atoms with Gasteiger partial charge in [-0.3, -0.25) is 4.79 Å². The smallest absolute Gasteiger partial charge is 0.306 e. The van der Waals surface area contributed by atoms with Crippen LogP contribution in [0.25, 0.3) is 0 Å². The lowest BCUT2D eigenvalue weighted by Crippen LogP contribution is -2.26. The van der Waals surface area contributed by atoms with Crippen molar-refractivity contribution in [1.82, 2.24) is 0 Å². The second kappa shape index (κ2) is 5.61. The van der Waals surface area contributed by atoms with Crippen LogP contribution in [-0.2, 0) is 10.4 Å². The van der Waals surface area contributed by atoms with Crippen molar-refractivity contribution in [3.63, 3.8) is 0 Å². The quantitative estimate of drug-likeness (QED) is 0.860. The van der Waals surface area contributed by atoms with Crippen LogP contribution in [0.15, 0.2) is 12.1 Å². The lowest BCUT2D eigenvalue weighted by atomic mass is 9.85. The zero-order chi connectivity index (χ0) is 14.8. The molecule has 0 spiro atoms. The molecule has 0 bridgehead atoms. The molecule has 4 heteroatoms. The van der Waals surface area contributed by atoms with Crippen LogP contribution in [0.3, 0.4) is 0 Å². The zero-order valence-corrected chi connectivity index (χ0v) is 12.2. The van der Waals surface area contributed by atoms with E-state index in [1.807, 2.05) is 32.9 Å². The first-order chi connectivity index (χ1) is 8.69. The number of hydrogen-bond donors (Lipinski definition) is 2. The van der Waals surface area contributed by atoms with Gasteiger partial charge in [-0.2, -0.15) is 0 Å². The Hall–Kier alpha value is -1.55. The van der Waals surface area contributed by atoms with E-state index in [9.17, 15) is 9.90 Å². The summed E-state index contributed by atoms with van der Waals surface area (Å²) in [6.45, 7) is 7.43. The van der Waals surface area contributed by atoms with Gasteiger partial charge in [0.1, 0.15) is 5.75 Å². The van der Waals surface area contributed by atoms with Gasteiger partial charge in [-0.1, -0.05) is 13.8 Å². The first-order valence-electron chi connectivity index (χ1n) is 6.32. The number of aliphatic carboxylic acids is 1. The van der Waals surface area contributed by atoms with E-state index in [1.165, 1.54) is 6.92 Å². The van der Waals surface area contributed by atoms with Crippen LogP contribution in [0.2, 0.25) is 0 Å². The summed E-state index contributed by atoms with van der Waals surface area (Å²) in [5.74, 6) is -0.0244. The van der Waals surface area contributed by atoms with E-state index in [1.54, 1.807) is 7.11 Å². The molecule has 1 aromatic rings. The molecular formula is C15H22O4. The summed E-state index contributed by atoms with van der Waals surface area (Å²) < 4.78 is 5.34. The average Bonchev–Trinajstić information content (AvgIpc) is 2.25. The zero-order valence-electron chi connectivity index (χ0n) is 12.2. The fourth-order valence-corrected chi connectivity index (χ4v) is 2.30. The minimum Gasteiger partial charge on any atom is -0.496 e. The molecule has 0 radical (unpaired) electrons. The fourth-order valence-electron chi connectivity index (χ4n) is 2.30. The summed E-state index contributed by atoms with van der Waals surface area (Å²) in [4.78, 5) is 10.9. The lowest BCUT2D eigenvalue weighted by molar-refractivity contribution is -0.142. The van der Waals surface area contributed by atoms with Gasteiger partial charge in [-0.15, -0.1) is 0 Å². The third-order valence-corrected chi connectivity index (χ3v) is 3.27. The summed E-state index contributed by atoms with van der Waals surface area (Å²) in [7, 11) is 1.61. The van der Waals surface area contributed by atoms with E-state index in [0.717, 1.165) is 16.9 Å². The number of ether oxygens (including phenoxy) is 1. The predicted molar refractivity (Wildman–Crippen MR) is 73.6 cm³/mol. The van der Waals surface area contributed by atoms with E-state index in [-0.39, 0.29) is 12.3 Å². The number of rotatable bonds is 5. The third-order valence-electron chi connectivity index (χ3n) is 3.27. The second-order valence-corrected chi connectivity index (χ2v) is 5.41. The molecule has 1 unspecified atom stereocenters. The molecule has 1 atom stereocenters. The van der Waals surface area contributed by atoms with Crippen LogP contribution in [0.5, 0.6) is 5.75 Å². The van der Waals surface area contributed by atoms with E-state index in [0.29, 0.717) is 5.56 Å². The monoisotopic (exact) mass is 266 g/mol. The van der Waals surface area contributed by atoms with Crippen molar-refractivity contribution in [3.05, 3.63) is 28.8 Å². The van der Waals surface area contributed by atoms with E-state index in [4.69, 9.17) is 9.84 Å². The maximum Gasteiger partial charge on any atom is 0.306 e. The molecular weight excluding hydrogens is 244 g/mol. The van der Waals surface area contributed by atoms with Crippen LogP contribution in [0.1, 0.15) is 49.8 Å². The maximum absolute atomic E-state index is 10.9. The Morgan fingerprint density at radius 2 is 2.00 bits per heavy atom. The largest absolute Gasteiger partial charge is 0.496 e. The summed E-state index contributed by atoms with van der Waals surface area (Å²) in [6, 6.07) is 3.70. The summed E-state index contributed by atoms with van der Waals surface area (Å²) in [5.41, 5.74) is 1.05. The first-order valence-corrected chi connectivity index (χ1v) is 6.32. The molecule has 1 aromatic carbocycles. The molecule has 0 aliphatic rings. The van der Waals surface area contributed by atoms with Crippen molar-refractivity contribution < 1.29 is 19.7 Å². The average molecular weight is 266 g/mol. The van der Waals surface area contributed by atoms with Gasteiger partial charge in [0, 0.05) is 0 Å². The number of carboxylic acid groups (broad SMARTS) is 1. The fraction of sp³-hybridized carbons (Fsp3) is 0.533. The van der Waals surface area contributed by atoms with E-state index in [2.05, 4.69) is 0 Å². The van der Waals surface area contributed by atoms with Gasteiger partial charge in [-0.05, 0) is 48.6 Å². The Bertz CT molecular complexity index is 475. The lowest BCUT2D eigenvalue weighted by Gasteiger charge is -2.26. The van der Waals surface area contributed by atoms with Gasteiger partial charge >= 0.3 is 5.97 Å². The number of carboxylic acids is 1. The minimum absolute atomic E-state index is 0.231. The molecule has 0 aliphatic heterocycles. The highest BCUT2D eigenvalue weighted by Crippen LogP contribution is 2.35. The van der Waals surface area contributed by atoms with Crippen molar-refractivity contribution in [2.75, 3.05) is 7.11 Å². The minimum atomic E-state index is -1.38. The predicted octanol–water partition coefficient (Wildman–Crippen LogP) is 2.81. The number of methoxy groups -OCH3 is 1. The van der Waals surface area contributed by atoms with Crippen molar-refractivity contribution in [2.24, 2.45) is 0 Å². The standard InChI is InChI=1S/C15H22O4/c1-9(2)11-7-12(10(3)6-13(11)19-5)15(4,18)8-14(16)17/h6-7,9,18H,8H2,1-5H3,(H,16,17). The van der Waals surface area contributed by atoms with E-state index >= 15 is 0 Å². The molecule has 4 nitrogen and oxygen atoms in total. The summed E-state index contributed by atoms with van der Waals surface area (Å²) >= 11 is 0. The Labute approximate surface area is 114 Å². The molecule has 106 valence electrons. The number of benzene rings is 1. The first kappa shape index (κ1) is 15.5. The highest BCUT2D eigenvalue weighted by atomic mass is 16.5. The maximum atomic E-state index is 10.9. The van der Waals surface area contributed by atoms with Gasteiger partial charge in [0.25, 0.3) is 0 Å². The number of aliphatic hydroxyl groups is 1. The van der Waals surface area contributed by atoms with Crippen molar-refractivity contribution in [3.8, 4) is 5.75 Å². The Kier molecular flexibility index (Phi) is 4.58.